The Morgan fingerprint density at radius 3 is 0.701 bits per heavy atom. The number of hydrogen-bond donors (Lipinski definition) is 2. The van der Waals surface area contributed by atoms with Crippen LogP contribution >= 0.6 is 31.9 Å². The van der Waals surface area contributed by atoms with Crippen molar-refractivity contribution in [1.29, 1.82) is 0 Å². The minimum Gasteiger partial charge on any atom is -0.423 e. The fourth-order valence-electron chi connectivity index (χ4n) is 19.6. The second kappa shape index (κ2) is 33.6. The van der Waals surface area contributed by atoms with Crippen molar-refractivity contribution in [2.75, 3.05) is 0 Å². The molecule has 127 heavy (non-hydrogen) atoms. The standard InChI is InChI=1S/C76H48.C30H21BO2.C16H10Br2/c1-3-17-57-47-59(45-35-49(57)15-1)51-31-39-54(40-32-51)73-65-19-5-7-21-67(65)74(68-22-8-6-20-66(68)73)56-43-37-53(38-44-56)61-27-13-29-63-62(61)28-14-30-64(63)76-71-25-11-9-23-69(71)75(70-24-10-12-26-72(70)76)55-41-33-52(34-42-55)60-46-36-50-16-2-4-18-58(50)48-60;32-31(33)30-27-11-5-3-9-25(27)29(26-10-4-6-12-28(26)30)22-16-13-21(14-17-22)24-18-15-20-7-1-2-8-23(20)19-24;17-12-9-7-11(8-10-12)13-3-1-5-15-14(13)4-2-6-16(15)18/h1-48H;1-19,32-33H;1-10H. The van der Waals surface area contributed by atoms with Crippen LogP contribution in [0.5, 0.6) is 0 Å². The Morgan fingerprint density at radius 2 is 0.370 bits per heavy atom. The van der Waals surface area contributed by atoms with Crippen molar-refractivity contribution in [2.24, 2.45) is 0 Å². The molecule has 24 rings (SSSR count). The van der Waals surface area contributed by atoms with Gasteiger partial charge >= 0.3 is 7.12 Å². The predicted molar refractivity (Wildman–Crippen MR) is 551 cm³/mol. The zero-order valence-electron chi connectivity index (χ0n) is 69.2. The molecule has 0 radical (unpaired) electrons. The van der Waals surface area contributed by atoms with Crippen molar-refractivity contribution in [3.63, 3.8) is 0 Å². The van der Waals surface area contributed by atoms with Crippen molar-refractivity contribution in [3.8, 4) is 111 Å². The molecule has 5 heteroatoms. The molecule has 0 aromatic heterocycles. The number of rotatable bonds is 11. The molecule has 0 unspecified atom stereocenters. The summed E-state index contributed by atoms with van der Waals surface area (Å²) in [5, 5.41) is 46.6. The van der Waals surface area contributed by atoms with E-state index in [2.05, 4.69) is 463 Å². The Bertz CT molecular complexity index is 8240. The van der Waals surface area contributed by atoms with Crippen molar-refractivity contribution in [3.05, 3.63) is 476 Å². The first-order valence-corrected chi connectivity index (χ1v) is 44.8. The van der Waals surface area contributed by atoms with E-state index in [1.807, 2.05) is 36.4 Å². The summed E-state index contributed by atoms with van der Waals surface area (Å²) in [7, 11) is -1.54. The van der Waals surface area contributed by atoms with Crippen molar-refractivity contribution < 1.29 is 10.0 Å². The SMILES string of the molecule is Brc1ccc(-c2cccc3c(Br)cccc23)cc1.OB(O)c1c2ccccc2c(-c2ccc(-c3ccc4ccccc4c3)cc2)c2ccccc12.c1ccc2cc(-c3ccc(-c4c5ccccc5c(-c5ccc(-c6cccc7c(-c8c9ccccc9c(-c9ccc(-c%10ccc%11ccccc%11c%10)cc9)c9ccccc89)cccc67)cc5)c5ccccc45)cc3)ccc2c1. The van der Waals surface area contributed by atoms with Gasteiger partial charge in [0.15, 0.2) is 0 Å². The molecule has 0 aliphatic carbocycles. The molecule has 24 aromatic carbocycles. The Hall–Kier alpha value is -14.9. The van der Waals surface area contributed by atoms with E-state index in [0.29, 0.717) is 5.46 Å². The maximum Gasteiger partial charge on any atom is 0.489 e. The molecule has 0 atom stereocenters. The molecule has 0 saturated carbocycles. The van der Waals surface area contributed by atoms with Crippen LogP contribution in [0.15, 0.2) is 476 Å². The molecule has 2 nitrogen and oxygen atoms in total. The number of benzene rings is 24. The maximum absolute atomic E-state index is 10.2. The Labute approximate surface area is 754 Å². The van der Waals surface area contributed by atoms with E-state index in [-0.39, 0.29) is 0 Å². The molecule has 0 aliphatic heterocycles. The van der Waals surface area contributed by atoms with Gasteiger partial charge in [0.05, 0.1) is 0 Å². The van der Waals surface area contributed by atoms with Crippen LogP contribution < -0.4 is 5.46 Å². The lowest BCUT2D eigenvalue weighted by atomic mass is 9.72. The highest BCUT2D eigenvalue weighted by atomic mass is 79.9. The first-order chi connectivity index (χ1) is 62.7. The Morgan fingerprint density at radius 1 is 0.150 bits per heavy atom. The lowest BCUT2D eigenvalue weighted by molar-refractivity contribution is 0.426. The second-order valence-corrected chi connectivity index (χ2v) is 34.6. The normalized spacial score (nSPS) is 11.5. The van der Waals surface area contributed by atoms with Gasteiger partial charge in [0.25, 0.3) is 0 Å². The third-order valence-electron chi connectivity index (χ3n) is 25.6. The molecule has 0 fully saturated rings. The van der Waals surface area contributed by atoms with Crippen LogP contribution in [0.1, 0.15) is 0 Å². The van der Waals surface area contributed by atoms with Crippen molar-refractivity contribution in [1.82, 2.24) is 0 Å². The number of hydrogen-bond acceptors (Lipinski definition) is 2. The van der Waals surface area contributed by atoms with Gasteiger partial charge in [-0.25, -0.2) is 0 Å². The molecule has 596 valence electrons. The van der Waals surface area contributed by atoms with E-state index >= 15 is 0 Å². The monoisotopic (exact) mass is 1740 g/mol. The fraction of sp³-hybridized carbons (Fsp3) is 0. The topological polar surface area (TPSA) is 40.5 Å². The van der Waals surface area contributed by atoms with Crippen LogP contribution in [-0.2, 0) is 0 Å². The summed E-state index contributed by atoms with van der Waals surface area (Å²) in [6.07, 6.45) is 0. The van der Waals surface area contributed by atoms with E-state index in [0.717, 1.165) is 41.6 Å². The van der Waals surface area contributed by atoms with Gasteiger partial charge in [-0.05, 0) is 272 Å². The molecule has 0 bridgehead atoms. The molecule has 0 amide bonds. The van der Waals surface area contributed by atoms with Crippen LogP contribution in [0.3, 0.4) is 0 Å². The van der Waals surface area contributed by atoms with Crippen molar-refractivity contribution >= 4 is 163 Å². The predicted octanol–water partition coefficient (Wildman–Crippen LogP) is 33.6. The summed E-state index contributed by atoms with van der Waals surface area (Å²) in [5.41, 5.74) is 24.9. The molecule has 0 spiro atoms. The summed E-state index contributed by atoms with van der Waals surface area (Å²) in [6.45, 7) is 0. The summed E-state index contributed by atoms with van der Waals surface area (Å²) in [6, 6.07) is 169. The quantitative estimate of drug-likeness (QED) is 0.100. The van der Waals surface area contributed by atoms with Crippen LogP contribution in [-0.4, -0.2) is 17.2 Å². The third-order valence-corrected chi connectivity index (χ3v) is 26.8. The van der Waals surface area contributed by atoms with Crippen LogP contribution in [0.25, 0.3) is 230 Å². The van der Waals surface area contributed by atoms with Crippen LogP contribution in [0.4, 0.5) is 0 Å². The lowest BCUT2D eigenvalue weighted by Gasteiger charge is -2.20. The summed E-state index contributed by atoms with van der Waals surface area (Å²) in [4.78, 5) is 0. The summed E-state index contributed by atoms with van der Waals surface area (Å²) < 4.78 is 2.24. The van der Waals surface area contributed by atoms with Crippen LogP contribution in [0.2, 0.25) is 0 Å². The average Bonchev–Trinajstić information content (AvgIpc) is 0.732. The maximum atomic E-state index is 10.2. The Kier molecular flexibility index (Phi) is 20.7. The minimum atomic E-state index is -1.54. The van der Waals surface area contributed by atoms with E-state index in [4.69, 9.17) is 0 Å². The molecule has 0 heterocycles. The highest BCUT2D eigenvalue weighted by molar-refractivity contribution is 9.11. The zero-order valence-corrected chi connectivity index (χ0v) is 72.4. The van der Waals surface area contributed by atoms with Gasteiger partial charge in [-0.1, -0.05) is 463 Å². The van der Waals surface area contributed by atoms with Gasteiger partial charge in [-0.2, -0.15) is 0 Å². The van der Waals surface area contributed by atoms with Crippen LogP contribution in [0, 0.1) is 0 Å². The molecule has 0 saturated heterocycles. The second-order valence-electron chi connectivity index (χ2n) is 32.8. The third kappa shape index (κ3) is 14.6. The molecule has 24 aromatic rings. The minimum absolute atomic E-state index is 0.553. The Balaban J connectivity index is 0.000000151. The lowest BCUT2D eigenvalue weighted by Crippen LogP contribution is -2.31. The van der Waals surface area contributed by atoms with Gasteiger partial charge in [0.1, 0.15) is 0 Å². The van der Waals surface area contributed by atoms with Gasteiger partial charge < -0.3 is 10.0 Å². The van der Waals surface area contributed by atoms with E-state index in [9.17, 15) is 10.0 Å². The van der Waals surface area contributed by atoms with E-state index < -0.39 is 7.12 Å². The zero-order chi connectivity index (χ0) is 85.0. The molecular formula is C122H79BBr2O2. The first kappa shape index (κ1) is 78.1. The number of halogens is 2. The molecule has 0 aliphatic rings. The van der Waals surface area contributed by atoms with E-state index in [1.165, 1.54) is 197 Å². The van der Waals surface area contributed by atoms with Gasteiger partial charge in [0.2, 0.25) is 0 Å². The largest absolute Gasteiger partial charge is 0.489 e. The van der Waals surface area contributed by atoms with Gasteiger partial charge in [-0.3, -0.25) is 0 Å². The summed E-state index contributed by atoms with van der Waals surface area (Å²) >= 11 is 7.08. The molecule has 2 N–H and O–H groups in total. The highest BCUT2D eigenvalue weighted by Gasteiger charge is 2.25. The first-order valence-electron chi connectivity index (χ1n) is 43.2. The highest BCUT2D eigenvalue weighted by Crippen LogP contribution is 2.50. The molecular weight excluding hydrogens is 1670 g/mol. The smallest absolute Gasteiger partial charge is 0.423 e. The fourth-order valence-corrected chi connectivity index (χ4v) is 20.3. The van der Waals surface area contributed by atoms with E-state index in [1.54, 1.807) is 0 Å². The van der Waals surface area contributed by atoms with Crippen molar-refractivity contribution in [2.45, 2.75) is 0 Å². The van der Waals surface area contributed by atoms with Gasteiger partial charge in [0, 0.05) is 8.95 Å². The van der Waals surface area contributed by atoms with Gasteiger partial charge in [-0.15, -0.1) is 0 Å². The summed E-state index contributed by atoms with van der Waals surface area (Å²) in [5.74, 6) is 0. The number of fused-ring (bicyclic) bond motifs is 11. The average molecular weight is 1750 g/mol.